The largest absolute Gasteiger partial charge is 0.437 e. The van der Waals surface area contributed by atoms with Gasteiger partial charge in [0.15, 0.2) is 5.75 Å². The van der Waals surface area contributed by atoms with E-state index in [0.717, 1.165) is 31.3 Å². The number of hydrogen-bond donors (Lipinski definition) is 1. The summed E-state index contributed by atoms with van der Waals surface area (Å²) in [6.45, 7) is 1.53. The molecule has 2 atom stereocenters. The minimum absolute atomic E-state index is 0.254. The van der Waals surface area contributed by atoms with Crippen molar-refractivity contribution < 1.29 is 14.6 Å². The Kier molecular flexibility index (Phi) is 5.11. The van der Waals surface area contributed by atoms with E-state index < -0.39 is 6.10 Å². The quantitative estimate of drug-likeness (QED) is 0.648. The molecule has 5 rings (SSSR count). The van der Waals surface area contributed by atoms with Crippen LogP contribution in [0.25, 0.3) is 11.0 Å². The number of rotatable bonds is 6. The van der Waals surface area contributed by atoms with Crippen LogP contribution in [0.3, 0.4) is 0 Å². The number of halogens is 1. The fourth-order valence-corrected chi connectivity index (χ4v) is 4.01. The van der Waals surface area contributed by atoms with E-state index in [1.54, 1.807) is 18.3 Å². The summed E-state index contributed by atoms with van der Waals surface area (Å²) >= 11 is 6.58. The Morgan fingerprint density at radius 1 is 1.24 bits per heavy atom. The van der Waals surface area contributed by atoms with Gasteiger partial charge in [-0.15, -0.1) is 5.10 Å². The lowest BCUT2D eigenvalue weighted by atomic mass is 9.99. The minimum Gasteiger partial charge on any atom is -0.437 e. The van der Waals surface area contributed by atoms with E-state index in [1.807, 2.05) is 16.8 Å². The molecule has 2 fully saturated rings. The van der Waals surface area contributed by atoms with Crippen molar-refractivity contribution in [2.75, 3.05) is 6.61 Å². The third-order valence-corrected chi connectivity index (χ3v) is 5.98. The molecular formula is C21H23ClN4O3. The van der Waals surface area contributed by atoms with Crippen LogP contribution < -0.4 is 4.74 Å². The van der Waals surface area contributed by atoms with Crippen molar-refractivity contribution in [3.8, 4) is 11.6 Å². The van der Waals surface area contributed by atoms with Gasteiger partial charge >= 0.3 is 0 Å². The van der Waals surface area contributed by atoms with E-state index in [-0.39, 0.29) is 6.10 Å². The summed E-state index contributed by atoms with van der Waals surface area (Å²) in [6, 6.07) is 7.31. The molecule has 0 spiro atoms. The van der Waals surface area contributed by atoms with Crippen LogP contribution in [0, 0.1) is 5.92 Å². The summed E-state index contributed by atoms with van der Waals surface area (Å²) in [5, 5.41) is 19.7. The van der Waals surface area contributed by atoms with Gasteiger partial charge in [0.2, 0.25) is 5.88 Å². The average Bonchev–Trinajstić information content (AvgIpc) is 3.49. The van der Waals surface area contributed by atoms with Gasteiger partial charge < -0.3 is 14.6 Å². The maximum absolute atomic E-state index is 10.8. The lowest BCUT2D eigenvalue weighted by molar-refractivity contribution is -0.0640. The molecule has 0 amide bonds. The predicted molar refractivity (Wildman–Crippen MR) is 108 cm³/mol. The molecule has 2 unspecified atom stereocenters. The summed E-state index contributed by atoms with van der Waals surface area (Å²) in [4.78, 5) is 4.33. The lowest BCUT2D eigenvalue weighted by Gasteiger charge is -2.27. The fraction of sp³-hybridized carbons (Fsp3) is 0.476. The van der Waals surface area contributed by atoms with Crippen LogP contribution in [0.15, 0.2) is 30.5 Å². The maximum atomic E-state index is 10.8. The molecule has 3 heterocycles. The third-order valence-electron chi connectivity index (χ3n) is 5.61. The van der Waals surface area contributed by atoms with Gasteiger partial charge in [-0.2, -0.15) is 0 Å². The van der Waals surface area contributed by atoms with Crippen LogP contribution in [0.5, 0.6) is 11.6 Å². The molecule has 7 nitrogen and oxygen atoms in total. The standard InChI is InChI=1S/C21H23ClN4O3/c22-18-16(9-8-15-19(18)24-25-26(15)12-13-6-7-13)29-21-14(4-3-10-23-21)20(27)17-5-1-2-11-28-17/h3-4,8-10,13,17,20,27H,1-2,5-7,11-12H2. The van der Waals surface area contributed by atoms with Gasteiger partial charge in [-0.05, 0) is 62.3 Å². The zero-order chi connectivity index (χ0) is 19.8. The summed E-state index contributed by atoms with van der Waals surface area (Å²) in [6.07, 6.45) is 5.93. The maximum Gasteiger partial charge on any atom is 0.225 e. The molecular weight excluding hydrogens is 392 g/mol. The van der Waals surface area contributed by atoms with Gasteiger partial charge in [-0.3, -0.25) is 0 Å². The monoisotopic (exact) mass is 414 g/mol. The van der Waals surface area contributed by atoms with Gasteiger partial charge in [0.25, 0.3) is 0 Å². The first-order valence-electron chi connectivity index (χ1n) is 10.1. The van der Waals surface area contributed by atoms with Crippen LogP contribution in [0.4, 0.5) is 0 Å². The number of aromatic nitrogens is 4. The van der Waals surface area contributed by atoms with Crippen molar-refractivity contribution in [2.24, 2.45) is 5.92 Å². The van der Waals surface area contributed by atoms with Crippen molar-refractivity contribution >= 4 is 22.6 Å². The number of aliphatic hydroxyl groups is 1. The Labute approximate surface area is 173 Å². The molecule has 0 radical (unpaired) electrons. The molecule has 152 valence electrons. The van der Waals surface area contributed by atoms with E-state index in [2.05, 4.69) is 15.3 Å². The van der Waals surface area contributed by atoms with Crippen molar-refractivity contribution in [3.05, 3.63) is 41.0 Å². The molecule has 1 saturated heterocycles. The highest BCUT2D eigenvalue weighted by Gasteiger charge is 2.28. The Balaban J connectivity index is 1.42. The second-order valence-corrected chi connectivity index (χ2v) is 8.19. The first kappa shape index (κ1) is 18.8. The highest BCUT2D eigenvalue weighted by Crippen LogP contribution is 2.38. The van der Waals surface area contributed by atoms with Crippen LogP contribution in [-0.2, 0) is 11.3 Å². The van der Waals surface area contributed by atoms with Crippen LogP contribution in [0.1, 0.15) is 43.8 Å². The molecule has 0 bridgehead atoms. The summed E-state index contributed by atoms with van der Waals surface area (Å²) in [5.41, 5.74) is 2.09. The van der Waals surface area contributed by atoms with Crippen molar-refractivity contribution in [1.82, 2.24) is 20.0 Å². The Bertz CT molecular complexity index is 1010. The summed E-state index contributed by atoms with van der Waals surface area (Å²) in [5.74, 6) is 1.45. The lowest BCUT2D eigenvalue weighted by Crippen LogP contribution is -2.26. The topological polar surface area (TPSA) is 82.3 Å². The molecule has 1 aromatic carbocycles. The van der Waals surface area contributed by atoms with Gasteiger partial charge in [0.1, 0.15) is 16.6 Å². The molecule has 1 aliphatic heterocycles. The van der Waals surface area contributed by atoms with Crippen molar-refractivity contribution in [2.45, 2.75) is 50.9 Å². The second kappa shape index (κ2) is 7.89. The molecule has 8 heteroatoms. The summed E-state index contributed by atoms with van der Waals surface area (Å²) in [7, 11) is 0. The zero-order valence-electron chi connectivity index (χ0n) is 16.0. The normalized spacial score (nSPS) is 20.7. The van der Waals surface area contributed by atoms with E-state index >= 15 is 0 Å². The number of hydrogen-bond acceptors (Lipinski definition) is 6. The highest BCUT2D eigenvalue weighted by molar-refractivity contribution is 6.36. The Morgan fingerprint density at radius 3 is 2.93 bits per heavy atom. The van der Waals surface area contributed by atoms with Gasteiger partial charge in [0, 0.05) is 24.9 Å². The number of fused-ring (bicyclic) bond motifs is 1. The highest BCUT2D eigenvalue weighted by atomic mass is 35.5. The van der Waals surface area contributed by atoms with Crippen LogP contribution in [-0.4, -0.2) is 37.8 Å². The molecule has 29 heavy (non-hydrogen) atoms. The number of aliphatic hydroxyl groups excluding tert-OH is 1. The molecule has 1 N–H and O–H groups in total. The average molecular weight is 415 g/mol. The molecule has 2 aliphatic rings. The van der Waals surface area contributed by atoms with Crippen LogP contribution >= 0.6 is 11.6 Å². The van der Waals surface area contributed by atoms with E-state index in [9.17, 15) is 5.11 Å². The summed E-state index contributed by atoms with van der Waals surface area (Å²) < 4.78 is 13.7. The number of pyridine rings is 1. The van der Waals surface area contributed by atoms with Crippen molar-refractivity contribution in [1.29, 1.82) is 0 Å². The van der Waals surface area contributed by atoms with Gasteiger partial charge in [-0.1, -0.05) is 16.8 Å². The first-order chi connectivity index (χ1) is 14.2. The zero-order valence-corrected chi connectivity index (χ0v) is 16.8. The van der Waals surface area contributed by atoms with Crippen molar-refractivity contribution in [3.63, 3.8) is 0 Å². The van der Waals surface area contributed by atoms with Gasteiger partial charge in [0.05, 0.1) is 11.6 Å². The molecule has 2 aromatic heterocycles. The number of ether oxygens (including phenoxy) is 2. The van der Waals surface area contributed by atoms with E-state index in [1.165, 1.54) is 12.8 Å². The Morgan fingerprint density at radius 2 is 2.14 bits per heavy atom. The molecule has 1 aliphatic carbocycles. The first-order valence-corrected chi connectivity index (χ1v) is 10.5. The van der Waals surface area contributed by atoms with E-state index in [0.29, 0.717) is 40.3 Å². The minimum atomic E-state index is -0.805. The molecule has 3 aromatic rings. The number of benzene rings is 1. The smallest absolute Gasteiger partial charge is 0.225 e. The third kappa shape index (κ3) is 3.82. The molecule has 1 saturated carbocycles. The van der Waals surface area contributed by atoms with Crippen LogP contribution in [0.2, 0.25) is 5.02 Å². The SMILES string of the molecule is OC(c1cccnc1Oc1ccc2c(nnn2CC2CC2)c1Cl)C1CCCCO1. The fourth-order valence-electron chi connectivity index (χ4n) is 3.78. The number of nitrogens with zero attached hydrogens (tertiary/aromatic N) is 4. The van der Waals surface area contributed by atoms with E-state index in [4.69, 9.17) is 21.1 Å². The second-order valence-electron chi connectivity index (χ2n) is 7.81. The Hall–Kier alpha value is -2.22. The van der Waals surface area contributed by atoms with Gasteiger partial charge in [-0.25, -0.2) is 9.67 Å². The predicted octanol–water partition coefficient (Wildman–Crippen LogP) is 4.28.